The molecule has 0 saturated carbocycles. The molecule has 20 heavy (non-hydrogen) atoms. The molecule has 1 heterocycles. The first-order valence-electron chi connectivity index (χ1n) is 6.16. The van der Waals surface area contributed by atoms with Crippen LogP contribution >= 0.6 is 23.2 Å². The second kappa shape index (κ2) is 6.68. The van der Waals surface area contributed by atoms with Gasteiger partial charge in [0.15, 0.2) is 5.22 Å². The summed E-state index contributed by atoms with van der Waals surface area (Å²) < 4.78 is 5.25. The topological polar surface area (TPSA) is 54.3 Å². The van der Waals surface area contributed by atoms with Gasteiger partial charge in [-0.15, -0.1) is 0 Å². The molecule has 0 aliphatic rings. The van der Waals surface area contributed by atoms with E-state index in [1.54, 1.807) is 37.3 Å². The van der Waals surface area contributed by atoms with Gasteiger partial charge in [-0.1, -0.05) is 18.5 Å². The number of amides is 1. The minimum Gasteiger partial charge on any atom is -0.448 e. The van der Waals surface area contributed by atoms with Crippen molar-refractivity contribution in [3.63, 3.8) is 0 Å². The standard InChI is InChI=1S/C14H14Cl2N2O2/c1-2-14(19)18-9-3-5-11(15)12(7-9)17-8-10-4-6-13(16)20-10/h3-7,17H,2,8H2,1H3,(H,18,19). The number of hydrogen-bond acceptors (Lipinski definition) is 3. The lowest BCUT2D eigenvalue weighted by Gasteiger charge is -2.10. The first kappa shape index (κ1) is 14.8. The van der Waals surface area contributed by atoms with Crippen molar-refractivity contribution in [2.75, 3.05) is 10.6 Å². The van der Waals surface area contributed by atoms with Gasteiger partial charge in [-0.05, 0) is 41.9 Å². The van der Waals surface area contributed by atoms with Crippen LogP contribution in [0.1, 0.15) is 19.1 Å². The van der Waals surface area contributed by atoms with Crippen molar-refractivity contribution in [3.05, 3.63) is 46.3 Å². The number of carbonyl (C=O) groups excluding carboxylic acids is 1. The zero-order valence-corrected chi connectivity index (χ0v) is 12.4. The number of rotatable bonds is 5. The number of nitrogens with one attached hydrogen (secondary N) is 2. The summed E-state index contributed by atoms with van der Waals surface area (Å²) in [5, 5.41) is 6.83. The number of carbonyl (C=O) groups is 1. The summed E-state index contributed by atoms with van der Waals surface area (Å²) in [5.74, 6) is 0.658. The molecule has 2 aromatic rings. The van der Waals surface area contributed by atoms with Crippen LogP contribution in [0.3, 0.4) is 0 Å². The normalized spacial score (nSPS) is 10.3. The Labute approximate surface area is 127 Å². The SMILES string of the molecule is CCC(=O)Nc1ccc(Cl)c(NCc2ccc(Cl)o2)c1. The molecule has 1 amide bonds. The first-order chi connectivity index (χ1) is 9.58. The van der Waals surface area contributed by atoms with E-state index in [0.717, 1.165) is 0 Å². The van der Waals surface area contributed by atoms with Gasteiger partial charge in [0.05, 0.1) is 17.3 Å². The van der Waals surface area contributed by atoms with E-state index < -0.39 is 0 Å². The third-order valence-electron chi connectivity index (χ3n) is 2.65. The first-order valence-corrected chi connectivity index (χ1v) is 6.91. The predicted molar refractivity (Wildman–Crippen MR) is 81.4 cm³/mol. The summed E-state index contributed by atoms with van der Waals surface area (Å²) in [4.78, 5) is 11.4. The van der Waals surface area contributed by atoms with Crippen LogP contribution < -0.4 is 10.6 Å². The predicted octanol–water partition coefficient (Wildman–Crippen LogP) is 4.55. The zero-order valence-electron chi connectivity index (χ0n) is 10.9. The van der Waals surface area contributed by atoms with E-state index in [1.807, 2.05) is 0 Å². The summed E-state index contributed by atoms with van der Waals surface area (Å²) in [6.45, 7) is 2.25. The lowest BCUT2D eigenvalue weighted by Crippen LogP contribution is -2.09. The van der Waals surface area contributed by atoms with Crippen LogP contribution in [0.5, 0.6) is 0 Å². The Bertz CT molecular complexity index is 611. The van der Waals surface area contributed by atoms with Crippen molar-refractivity contribution >= 4 is 40.5 Å². The molecule has 4 nitrogen and oxygen atoms in total. The Balaban J connectivity index is 2.06. The number of hydrogen-bond donors (Lipinski definition) is 2. The van der Waals surface area contributed by atoms with Gasteiger partial charge in [-0.3, -0.25) is 4.79 Å². The van der Waals surface area contributed by atoms with E-state index >= 15 is 0 Å². The molecular formula is C14H14Cl2N2O2. The summed E-state index contributed by atoms with van der Waals surface area (Å²) in [7, 11) is 0. The highest BCUT2D eigenvalue weighted by molar-refractivity contribution is 6.33. The summed E-state index contributed by atoms with van der Waals surface area (Å²) in [6.07, 6.45) is 0.427. The van der Waals surface area contributed by atoms with Gasteiger partial charge in [0.25, 0.3) is 0 Å². The van der Waals surface area contributed by atoms with Crippen molar-refractivity contribution in [1.82, 2.24) is 0 Å². The molecule has 0 aliphatic heterocycles. The Morgan fingerprint density at radius 2 is 2.05 bits per heavy atom. The molecule has 0 unspecified atom stereocenters. The van der Waals surface area contributed by atoms with Crippen LogP contribution in [0.25, 0.3) is 0 Å². The van der Waals surface area contributed by atoms with Crippen LogP contribution in [0.15, 0.2) is 34.7 Å². The van der Waals surface area contributed by atoms with Crippen LogP contribution in [0, 0.1) is 0 Å². The Morgan fingerprint density at radius 1 is 1.25 bits per heavy atom. The minimum absolute atomic E-state index is 0.0453. The highest BCUT2D eigenvalue weighted by Crippen LogP contribution is 2.26. The summed E-state index contributed by atoms with van der Waals surface area (Å²) >= 11 is 11.8. The van der Waals surface area contributed by atoms with Crippen molar-refractivity contribution in [3.8, 4) is 0 Å². The second-order valence-electron chi connectivity index (χ2n) is 4.16. The quantitative estimate of drug-likeness (QED) is 0.851. The van der Waals surface area contributed by atoms with E-state index in [1.165, 1.54) is 0 Å². The summed E-state index contributed by atoms with van der Waals surface area (Å²) in [5.41, 5.74) is 1.41. The van der Waals surface area contributed by atoms with Gasteiger partial charge in [-0.25, -0.2) is 0 Å². The van der Waals surface area contributed by atoms with Crippen molar-refractivity contribution in [2.45, 2.75) is 19.9 Å². The van der Waals surface area contributed by atoms with Crippen molar-refractivity contribution < 1.29 is 9.21 Å². The largest absolute Gasteiger partial charge is 0.448 e. The highest BCUT2D eigenvalue weighted by atomic mass is 35.5. The third-order valence-corrected chi connectivity index (χ3v) is 3.19. The molecule has 2 N–H and O–H groups in total. The molecule has 1 aromatic heterocycles. The summed E-state index contributed by atoms with van der Waals surface area (Å²) in [6, 6.07) is 8.72. The molecule has 6 heteroatoms. The molecule has 0 bridgehead atoms. The zero-order chi connectivity index (χ0) is 14.5. The second-order valence-corrected chi connectivity index (χ2v) is 4.94. The van der Waals surface area contributed by atoms with Gasteiger partial charge in [0, 0.05) is 12.1 Å². The average Bonchev–Trinajstić information content (AvgIpc) is 2.85. The molecule has 1 aromatic carbocycles. The van der Waals surface area contributed by atoms with Gasteiger partial charge < -0.3 is 15.1 Å². The Kier molecular flexibility index (Phi) is 4.93. The number of halogens is 2. The molecule has 0 spiro atoms. The lowest BCUT2D eigenvalue weighted by molar-refractivity contribution is -0.115. The van der Waals surface area contributed by atoms with Gasteiger partial charge in [-0.2, -0.15) is 0 Å². The van der Waals surface area contributed by atoms with Gasteiger partial charge in [0.1, 0.15) is 5.76 Å². The molecular weight excluding hydrogens is 299 g/mol. The van der Waals surface area contributed by atoms with E-state index in [2.05, 4.69) is 10.6 Å². The Morgan fingerprint density at radius 3 is 2.70 bits per heavy atom. The highest BCUT2D eigenvalue weighted by Gasteiger charge is 2.06. The van der Waals surface area contributed by atoms with Gasteiger partial charge in [0.2, 0.25) is 5.91 Å². The van der Waals surface area contributed by atoms with Crippen molar-refractivity contribution in [2.24, 2.45) is 0 Å². The van der Waals surface area contributed by atoms with Crippen LogP contribution in [0.2, 0.25) is 10.2 Å². The fourth-order valence-electron chi connectivity index (χ4n) is 1.62. The minimum atomic E-state index is -0.0453. The smallest absolute Gasteiger partial charge is 0.224 e. The van der Waals surface area contributed by atoms with Crippen molar-refractivity contribution in [1.29, 1.82) is 0 Å². The molecule has 0 atom stereocenters. The maximum atomic E-state index is 11.4. The lowest BCUT2D eigenvalue weighted by atomic mass is 10.2. The number of benzene rings is 1. The molecule has 0 fully saturated rings. The molecule has 0 saturated heterocycles. The maximum Gasteiger partial charge on any atom is 0.224 e. The van der Waals surface area contributed by atoms with E-state index in [9.17, 15) is 4.79 Å². The third kappa shape index (κ3) is 3.92. The molecule has 2 rings (SSSR count). The van der Waals surface area contributed by atoms with E-state index in [0.29, 0.717) is 40.3 Å². The van der Waals surface area contributed by atoms with E-state index in [4.69, 9.17) is 27.6 Å². The van der Waals surface area contributed by atoms with Gasteiger partial charge >= 0.3 is 0 Å². The van der Waals surface area contributed by atoms with Crippen LogP contribution in [0.4, 0.5) is 11.4 Å². The number of furan rings is 1. The molecule has 0 aliphatic carbocycles. The molecule has 0 radical (unpaired) electrons. The monoisotopic (exact) mass is 312 g/mol. The fourth-order valence-corrected chi connectivity index (χ4v) is 1.96. The van der Waals surface area contributed by atoms with Crippen LogP contribution in [-0.4, -0.2) is 5.91 Å². The fraction of sp³-hybridized carbons (Fsp3) is 0.214. The van der Waals surface area contributed by atoms with Crippen LogP contribution in [-0.2, 0) is 11.3 Å². The Hall–Kier alpha value is -1.65. The maximum absolute atomic E-state index is 11.4. The number of anilines is 2. The van der Waals surface area contributed by atoms with E-state index in [-0.39, 0.29) is 5.91 Å². The average molecular weight is 313 g/mol. The molecule has 106 valence electrons.